The maximum atomic E-state index is 13.1. The molecule has 0 radical (unpaired) electrons. The number of thioether (sulfide) groups is 1. The molecular formula is C21H26N3O2S2+. The van der Waals surface area contributed by atoms with E-state index in [2.05, 4.69) is 13.8 Å². The summed E-state index contributed by atoms with van der Waals surface area (Å²) in [4.78, 5) is 20.3. The maximum absolute atomic E-state index is 13.1. The highest BCUT2D eigenvalue weighted by molar-refractivity contribution is 7.99. The monoisotopic (exact) mass is 416 g/mol. The summed E-state index contributed by atoms with van der Waals surface area (Å²) in [5, 5.41) is 3.35. The van der Waals surface area contributed by atoms with Crippen molar-refractivity contribution in [1.82, 2.24) is 9.55 Å². The van der Waals surface area contributed by atoms with Crippen LogP contribution in [0.25, 0.3) is 15.9 Å². The molecule has 28 heavy (non-hydrogen) atoms. The van der Waals surface area contributed by atoms with Gasteiger partial charge in [0.15, 0.2) is 5.16 Å². The summed E-state index contributed by atoms with van der Waals surface area (Å²) < 4.78 is 7.74. The van der Waals surface area contributed by atoms with E-state index in [1.54, 1.807) is 21.2 Å². The molecule has 1 aromatic carbocycles. The molecular weight excluding hydrogens is 390 g/mol. The molecule has 0 bridgehead atoms. The standard InChI is InChI=1S/C21H25N3O2S2/c1-15(2)12-23-9-10-26-17(13-23)14-28-21-22-19-18(8-11-27-19)20(25)24(21)16-6-4-3-5-7-16/h3-8,11,15,17H,9-10,12-14H2,1-2H3/p+1/t17-/m0/s1. The predicted molar refractivity (Wildman–Crippen MR) is 116 cm³/mol. The molecule has 0 aliphatic carbocycles. The Labute approximate surface area is 173 Å². The summed E-state index contributed by atoms with van der Waals surface area (Å²) in [6.07, 6.45) is 0.188. The van der Waals surface area contributed by atoms with Crippen LogP contribution in [-0.2, 0) is 4.74 Å². The molecule has 1 aliphatic rings. The third kappa shape index (κ3) is 4.33. The lowest BCUT2D eigenvalue weighted by atomic mass is 10.2. The van der Waals surface area contributed by atoms with Gasteiger partial charge < -0.3 is 9.64 Å². The van der Waals surface area contributed by atoms with E-state index in [0.29, 0.717) is 11.3 Å². The van der Waals surface area contributed by atoms with Crippen LogP contribution in [0.4, 0.5) is 0 Å². The van der Waals surface area contributed by atoms with Crippen LogP contribution in [0.5, 0.6) is 0 Å². The lowest BCUT2D eigenvalue weighted by Gasteiger charge is -2.31. The summed E-state index contributed by atoms with van der Waals surface area (Å²) in [5.41, 5.74) is 0.851. The van der Waals surface area contributed by atoms with Crippen molar-refractivity contribution >= 4 is 33.3 Å². The van der Waals surface area contributed by atoms with Crippen LogP contribution in [0, 0.1) is 5.92 Å². The number of para-hydroxylation sites is 1. The third-order valence-electron chi connectivity index (χ3n) is 4.90. The van der Waals surface area contributed by atoms with Gasteiger partial charge in [0.25, 0.3) is 5.56 Å². The van der Waals surface area contributed by atoms with E-state index in [-0.39, 0.29) is 11.7 Å². The Morgan fingerprint density at radius 2 is 2.14 bits per heavy atom. The van der Waals surface area contributed by atoms with Gasteiger partial charge in [-0.3, -0.25) is 9.36 Å². The number of aromatic nitrogens is 2. The van der Waals surface area contributed by atoms with Crippen LogP contribution < -0.4 is 10.5 Å². The first-order chi connectivity index (χ1) is 13.6. The largest absolute Gasteiger partial charge is 0.366 e. The molecule has 1 unspecified atom stereocenters. The highest BCUT2D eigenvalue weighted by atomic mass is 32.2. The second-order valence-electron chi connectivity index (χ2n) is 7.62. The normalized spacial score (nSPS) is 20.1. The highest BCUT2D eigenvalue weighted by Crippen LogP contribution is 2.24. The number of hydrogen-bond acceptors (Lipinski definition) is 5. The van der Waals surface area contributed by atoms with Crippen molar-refractivity contribution in [2.24, 2.45) is 5.92 Å². The van der Waals surface area contributed by atoms with E-state index < -0.39 is 0 Å². The number of thiophene rings is 1. The van der Waals surface area contributed by atoms with Crippen molar-refractivity contribution < 1.29 is 9.64 Å². The van der Waals surface area contributed by atoms with Gasteiger partial charge >= 0.3 is 0 Å². The minimum atomic E-state index is -0.00317. The van der Waals surface area contributed by atoms with Crippen LogP contribution in [-0.4, -0.2) is 47.6 Å². The zero-order chi connectivity index (χ0) is 19.5. The fourth-order valence-corrected chi connectivity index (χ4v) is 5.52. The summed E-state index contributed by atoms with van der Waals surface area (Å²) in [6, 6.07) is 11.6. The average Bonchev–Trinajstić information content (AvgIpc) is 3.16. The molecule has 0 amide bonds. The molecule has 7 heteroatoms. The van der Waals surface area contributed by atoms with Crippen molar-refractivity contribution in [2.75, 3.05) is 32.0 Å². The molecule has 1 saturated heterocycles. The van der Waals surface area contributed by atoms with Gasteiger partial charge in [-0.15, -0.1) is 11.3 Å². The van der Waals surface area contributed by atoms with E-state index in [1.165, 1.54) is 17.9 Å². The summed E-state index contributed by atoms with van der Waals surface area (Å²) in [5.74, 6) is 1.49. The van der Waals surface area contributed by atoms with Crippen molar-refractivity contribution in [3.05, 3.63) is 52.1 Å². The zero-order valence-electron chi connectivity index (χ0n) is 16.3. The van der Waals surface area contributed by atoms with Gasteiger partial charge in [-0.05, 0) is 23.6 Å². The molecule has 2 aromatic heterocycles. The summed E-state index contributed by atoms with van der Waals surface area (Å²) >= 11 is 3.14. The van der Waals surface area contributed by atoms with Crippen LogP contribution in [0.3, 0.4) is 0 Å². The van der Waals surface area contributed by atoms with E-state index in [4.69, 9.17) is 9.72 Å². The number of nitrogens with zero attached hydrogens (tertiary/aromatic N) is 2. The number of morpholine rings is 1. The van der Waals surface area contributed by atoms with Crippen LogP contribution in [0.15, 0.2) is 51.7 Å². The molecule has 0 spiro atoms. The fraction of sp³-hybridized carbons (Fsp3) is 0.429. The smallest absolute Gasteiger partial charge is 0.267 e. The Kier molecular flexibility index (Phi) is 6.16. The minimum absolute atomic E-state index is 0.00317. The van der Waals surface area contributed by atoms with Gasteiger partial charge in [0.05, 0.1) is 24.2 Å². The Bertz CT molecular complexity index is 984. The molecule has 5 nitrogen and oxygen atoms in total. The average molecular weight is 417 g/mol. The van der Waals surface area contributed by atoms with E-state index >= 15 is 0 Å². The lowest BCUT2D eigenvalue weighted by Crippen LogP contribution is -3.15. The second-order valence-corrected chi connectivity index (χ2v) is 9.50. The van der Waals surface area contributed by atoms with Gasteiger partial charge in [0.1, 0.15) is 24.0 Å². The second kappa shape index (κ2) is 8.78. The maximum Gasteiger partial charge on any atom is 0.267 e. The number of hydrogen-bond donors (Lipinski definition) is 1. The number of nitrogens with one attached hydrogen (secondary N) is 1. The zero-order valence-corrected chi connectivity index (χ0v) is 17.9. The number of ether oxygens (including phenoxy) is 1. The molecule has 4 rings (SSSR count). The molecule has 3 heterocycles. The highest BCUT2D eigenvalue weighted by Gasteiger charge is 2.25. The van der Waals surface area contributed by atoms with Crippen molar-refractivity contribution in [1.29, 1.82) is 0 Å². The lowest BCUT2D eigenvalue weighted by molar-refractivity contribution is -0.914. The van der Waals surface area contributed by atoms with Crippen molar-refractivity contribution in [3.63, 3.8) is 0 Å². The molecule has 1 fully saturated rings. The molecule has 1 aliphatic heterocycles. The molecule has 3 aromatic rings. The Morgan fingerprint density at radius 3 is 2.93 bits per heavy atom. The predicted octanol–water partition coefficient (Wildman–Crippen LogP) is 2.48. The first kappa shape index (κ1) is 19.6. The van der Waals surface area contributed by atoms with E-state index in [0.717, 1.165) is 41.1 Å². The minimum Gasteiger partial charge on any atom is -0.366 e. The Morgan fingerprint density at radius 1 is 1.32 bits per heavy atom. The summed E-state index contributed by atoms with van der Waals surface area (Å²) in [6.45, 7) is 8.61. The fourth-order valence-electron chi connectivity index (χ4n) is 3.69. The number of rotatable bonds is 6. The van der Waals surface area contributed by atoms with Crippen molar-refractivity contribution in [3.8, 4) is 5.69 Å². The van der Waals surface area contributed by atoms with Crippen LogP contribution in [0.1, 0.15) is 13.8 Å². The van der Waals surface area contributed by atoms with Gasteiger partial charge in [-0.25, -0.2) is 4.98 Å². The first-order valence-corrected chi connectivity index (χ1v) is 11.6. The first-order valence-electron chi connectivity index (χ1n) is 9.75. The Hall–Kier alpha value is -1.67. The van der Waals surface area contributed by atoms with Crippen molar-refractivity contribution in [2.45, 2.75) is 25.1 Å². The van der Waals surface area contributed by atoms with E-state index in [9.17, 15) is 4.79 Å². The van der Waals surface area contributed by atoms with Gasteiger partial charge in [-0.2, -0.15) is 0 Å². The topological polar surface area (TPSA) is 48.6 Å². The molecule has 0 saturated carbocycles. The van der Waals surface area contributed by atoms with Gasteiger partial charge in [0.2, 0.25) is 0 Å². The number of benzene rings is 1. The SMILES string of the molecule is CC(C)C[NH+]1CCO[C@H](CSc2nc3sccc3c(=O)n2-c2ccccc2)C1. The molecule has 2 atom stereocenters. The number of fused-ring (bicyclic) bond motifs is 1. The van der Waals surface area contributed by atoms with Crippen LogP contribution in [0.2, 0.25) is 0 Å². The van der Waals surface area contributed by atoms with Gasteiger partial charge in [-0.1, -0.05) is 43.8 Å². The summed E-state index contributed by atoms with van der Waals surface area (Å²) in [7, 11) is 0. The van der Waals surface area contributed by atoms with Crippen LogP contribution >= 0.6 is 23.1 Å². The third-order valence-corrected chi connectivity index (χ3v) is 6.78. The van der Waals surface area contributed by atoms with E-state index in [1.807, 2.05) is 41.8 Å². The molecule has 1 N–H and O–H groups in total. The van der Waals surface area contributed by atoms with Gasteiger partial charge in [0, 0.05) is 11.7 Å². The molecule has 148 valence electrons. The Balaban J connectivity index is 1.59. The quantitative estimate of drug-likeness (QED) is 0.495. The number of quaternary nitrogens is 1.